The molecule has 17 heavy (non-hydrogen) atoms. The third-order valence-electron chi connectivity index (χ3n) is 3.97. The molecule has 2 rings (SSSR count). The molecule has 1 aromatic heterocycles. The maximum atomic E-state index is 4.33. The molecular formula is C15H24N2. The molecule has 94 valence electrons. The standard InChI is InChI=1S/C15H24N2/c1-15(2,3)12-7-9-13(10-8-12)17-14-6-4-5-11-16-14/h4-6,11-13H,7-10H2,1-3H3,(H,16,17)/t12-,13-. The number of hydrogen-bond donors (Lipinski definition) is 1. The molecule has 0 amide bonds. The number of hydrogen-bond acceptors (Lipinski definition) is 2. The van der Waals surface area contributed by atoms with Crippen LogP contribution < -0.4 is 5.32 Å². The van der Waals surface area contributed by atoms with Crippen LogP contribution >= 0.6 is 0 Å². The number of rotatable bonds is 2. The fourth-order valence-electron chi connectivity index (χ4n) is 2.76. The molecule has 1 N–H and O–H groups in total. The summed E-state index contributed by atoms with van der Waals surface area (Å²) < 4.78 is 0. The van der Waals surface area contributed by atoms with E-state index in [9.17, 15) is 0 Å². The minimum atomic E-state index is 0.468. The highest BCUT2D eigenvalue weighted by molar-refractivity contribution is 5.34. The second-order valence-electron chi connectivity index (χ2n) is 6.27. The first kappa shape index (κ1) is 12.4. The van der Waals surface area contributed by atoms with E-state index in [1.165, 1.54) is 25.7 Å². The van der Waals surface area contributed by atoms with Crippen LogP contribution in [-0.2, 0) is 0 Å². The lowest BCUT2D eigenvalue weighted by atomic mass is 9.71. The van der Waals surface area contributed by atoms with Crippen LogP contribution in [0.3, 0.4) is 0 Å². The van der Waals surface area contributed by atoms with Gasteiger partial charge in [-0.1, -0.05) is 26.8 Å². The molecule has 0 bridgehead atoms. The van der Waals surface area contributed by atoms with E-state index in [2.05, 4.69) is 37.1 Å². The lowest BCUT2D eigenvalue weighted by Gasteiger charge is -2.37. The van der Waals surface area contributed by atoms with E-state index in [1.54, 1.807) is 0 Å². The molecule has 1 aliphatic rings. The fourth-order valence-corrected chi connectivity index (χ4v) is 2.76. The van der Waals surface area contributed by atoms with E-state index < -0.39 is 0 Å². The Morgan fingerprint density at radius 1 is 1.12 bits per heavy atom. The Balaban J connectivity index is 1.84. The van der Waals surface area contributed by atoms with Crippen LogP contribution in [0.15, 0.2) is 24.4 Å². The third-order valence-corrected chi connectivity index (χ3v) is 3.97. The van der Waals surface area contributed by atoms with Crippen molar-refractivity contribution in [3.8, 4) is 0 Å². The summed E-state index contributed by atoms with van der Waals surface area (Å²) in [5.41, 5.74) is 0.468. The van der Waals surface area contributed by atoms with Gasteiger partial charge in [0.2, 0.25) is 0 Å². The molecule has 0 aliphatic heterocycles. The smallest absolute Gasteiger partial charge is 0.126 e. The minimum Gasteiger partial charge on any atom is -0.367 e. The van der Waals surface area contributed by atoms with Gasteiger partial charge in [-0.3, -0.25) is 0 Å². The molecule has 2 nitrogen and oxygen atoms in total. The molecule has 0 spiro atoms. The van der Waals surface area contributed by atoms with Crippen LogP contribution in [0.4, 0.5) is 5.82 Å². The van der Waals surface area contributed by atoms with Crippen molar-refractivity contribution in [1.82, 2.24) is 4.98 Å². The zero-order valence-electron chi connectivity index (χ0n) is 11.2. The summed E-state index contributed by atoms with van der Waals surface area (Å²) in [5, 5.41) is 3.54. The molecule has 1 aliphatic carbocycles. The highest BCUT2D eigenvalue weighted by atomic mass is 15.0. The van der Waals surface area contributed by atoms with E-state index in [-0.39, 0.29) is 0 Å². The van der Waals surface area contributed by atoms with Crippen molar-refractivity contribution < 1.29 is 0 Å². The summed E-state index contributed by atoms with van der Waals surface area (Å²) in [4.78, 5) is 4.33. The van der Waals surface area contributed by atoms with E-state index in [0.29, 0.717) is 11.5 Å². The average molecular weight is 232 g/mol. The zero-order valence-corrected chi connectivity index (χ0v) is 11.2. The van der Waals surface area contributed by atoms with E-state index in [0.717, 1.165) is 11.7 Å². The number of aromatic nitrogens is 1. The van der Waals surface area contributed by atoms with Crippen molar-refractivity contribution >= 4 is 5.82 Å². The maximum Gasteiger partial charge on any atom is 0.126 e. The molecule has 0 saturated heterocycles. The Bertz CT molecular complexity index is 332. The Kier molecular flexibility index (Phi) is 3.70. The van der Waals surface area contributed by atoms with Gasteiger partial charge in [-0.05, 0) is 49.1 Å². The van der Waals surface area contributed by atoms with Gasteiger partial charge in [0.25, 0.3) is 0 Å². The lowest BCUT2D eigenvalue weighted by molar-refractivity contribution is 0.173. The van der Waals surface area contributed by atoms with Gasteiger partial charge < -0.3 is 5.32 Å². The van der Waals surface area contributed by atoms with Crippen LogP contribution in [-0.4, -0.2) is 11.0 Å². The van der Waals surface area contributed by atoms with Crippen molar-refractivity contribution in [2.24, 2.45) is 11.3 Å². The highest BCUT2D eigenvalue weighted by Crippen LogP contribution is 2.38. The molecule has 1 saturated carbocycles. The lowest BCUT2D eigenvalue weighted by Crippen LogP contribution is -2.31. The van der Waals surface area contributed by atoms with Gasteiger partial charge in [0, 0.05) is 12.2 Å². The maximum absolute atomic E-state index is 4.33. The molecule has 1 aromatic rings. The first-order chi connectivity index (χ1) is 8.05. The summed E-state index contributed by atoms with van der Waals surface area (Å²) in [6.45, 7) is 7.10. The summed E-state index contributed by atoms with van der Waals surface area (Å²) in [6, 6.07) is 6.66. The van der Waals surface area contributed by atoms with Gasteiger partial charge in [0.15, 0.2) is 0 Å². The average Bonchev–Trinajstić information content (AvgIpc) is 2.30. The van der Waals surface area contributed by atoms with E-state index in [1.807, 2.05) is 18.3 Å². The van der Waals surface area contributed by atoms with Gasteiger partial charge in [0.05, 0.1) is 0 Å². The van der Waals surface area contributed by atoms with Crippen molar-refractivity contribution in [2.45, 2.75) is 52.5 Å². The van der Waals surface area contributed by atoms with E-state index >= 15 is 0 Å². The molecule has 1 fully saturated rings. The largest absolute Gasteiger partial charge is 0.367 e. The van der Waals surface area contributed by atoms with Crippen molar-refractivity contribution in [1.29, 1.82) is 0 Å². The number of nitrogens with one attached hydrogen (secondary N) is 1. The molecule has 0 radical (unpaired) electrons. The molecule has 2 heteroatoms. The summed E-state index contributed by atoms with van der Waals surface area (Å²) >= 11 is 0. The SMILES string of the molecule is CC(C)(C)[C@H]1CC[C@H](Nc2ccccn2)CC1. The van der Waals surface area contributed by atoms with Crippen molar-refractivity contribution in [3.63, 3.8) is 0 Å². The third kappa shape index (κ3) is 3.45. The van der Waals surface area contributed by atoms with Gasteiger partial charge in [-0.25, -0.2) is 4.98 Å². The Morgan fingerprint density at radius 2 is 1.82 bits per heavy atom. The summed E-state index contributed by atoms with van der Waals surface area (Å²) in [7, 11) is 0. The van der Waals surface area contributed by atoms with Crippen LogP contribution in [0, 0.1) is 11.3 Å². The zero-order chi connectivity index (χ0) is 12.3. The number of pyridine rings is 1. The summed E-state index contributed by atoms with van der Waals surface area (Å²) in [5.74, 6) is 1.90. The van der Waals surface area contributed by atoms with Crippen LogP contribution in [0.25, 0.3) is 0 Å². The van der Waals surface area contributed by atoms with Gasteiger partial charge in [-0.2, -0.15) is 0 Å². The molecule has 0 aromatic carbocycles. The predicted molar refractivity (Wildman–Crippen MR) is 73.1 cm³/mol. The van der Waals surface area contributed by atoms with Crippen LogP contribution in [0.1, 0.15) is 46.5 Å². The number of nitrogens with zero attached hydrogens (tertiary/aromatic N) is 1. The topological polar surface area (TPSA) is 24.9 Å². The first-order valence-electron chi connectivity index (χ1n) is 6.73. The minimum absolute atomic E-state index is 0.468. The molecular weight excluding hydrogens is 208 g/mol. The van der Waals surface area contributed by atoms with Gasteiger partial charge in [-0.15, -0.1) is 0 Å². The Hall–Kier alpha value is -1.05. The second kappa shape index (κ2) is 5.07. The van der Waals surface area contributed by atoms with Crippen LogP contribution in [0.5, 0.6) is 0 Å². The van der Waals surface area contributed by atoms with Crippen LogP contribution in [0.2, 0.25) is 0 Å². The highest BCUT2D eigenvalue weighted by Gasteiger charge is 2.29. The fraction of sp³-hybridized carbons (Fsp3) is 0.667. The molecule has 0 atom stereocenters. The Labute approximate surface area is 105 Å². The first-order valence-corrected chi connectivity index (χ1v) is 6.73. The van der Waals surface area contributed by atoms with E-state index in [4.69, 9.17) is 0 Å². The number of anilines is 1. The molecule has 0 unspecified atom stereocenters. The summed E-state index contributed by atoms with van der Waals surface area (Å²) in [6.07, 6.45) is 7.09. The van der Waals surface area contributed by atoms with Gasteiger partial charge >= 0.3 is 0 Å². The normalized spacial score (nSPS) is 25.6. The van der Waals surface area contributed by atoms with Crippen molar-refractivity contribution in [3.05, 3.63) is 24.4 Å². The predicted octanol–water partition coefficient (Wildman–Crippen LogP) is 4.10. The monoisotopic (exact) mass is 232 g/mol. The van der Waals surface area contributed by atoms with Crippen molar-refractivity contribution in [2.75, 3.05) is 5.32 Å². The Morgan fingerprint density at radius 3 is 2.35 bits per heavy atom. The quantitative estimate of drug-likeness (QED) is 0.830. The second-order valence-corrected chi connectivity index (χ2v) is 6.27. The van der Waals surface area contributed by atoms with Gasteiger partial charge in [0.1, 0.15) is 5.82 Å². The molecule has 1 heterocycles.